The summed E-state index contributed by atoms with van der Waals surface area (Å²) < 4.78 is 133. The fourth-order valence-corrected chi connectivity index (χ4v) is 6.94. The highest BCUT2D eigenvalue weighted by molar-refractivity contribution is 7.92. The summed E-state index contributed by atoms with van der Waals surface area (Å²) in [6.07, 6.45) is -12.7. The molecule has 2 heterocycles. The van der Waals surface area contributed by atoms with Gasteiger partial charge in [-0.25, -0.2) is 17.2 Å². The van der Waals surface area contributed by atoms with Crippen molar-refractivity contribution in [3.05, 3.63) is 59.4 Å². The van der Waals surface area contributed by atoms with Gasteiger partial charge >= 0.3 is 18.0 Å². The Hall–Kier alpha value is -2.41. The molecule has 2 atom stereocenters. The first-order chi connectivity index (χ1) is 15.2. The van der Waals surface area contributed by atoms with Gasteiger partial charge in [-0.15, -0.1) is 0 Å². The maximum absolute atomic E-state index is 14.6. The Bertz CT molecular complexity index is 1180. The molecular weight excluding hydrogens is 484 g/mol. The predicted octanol–water partition coefficient (Wildman–Crippen LogP) is 4.57. The fraction of sp³-hybridized carbons (Fsp3) is 0.400. The molecule has 33 heavy (non-hydrogen) atoms. The zero-order valence-corrected chi connectivity index (χ0v) is 17.3. The van der Waals surface area contributed by atoms with Gasteiger partial charge in [-0.05, 0) is 42.8 Å². The van der Waals surface area contributed by atoms with E-state index >= 15 is 0 Å². The van der Waals surface area contributed by atoms with E-state index in [9.17, 15) is 43.5 Å². The van der Waals surface area contributed by atoms with Crippen LogP contribution in [0.5, 0.6) is 0 Å². The standard InChI is InChI=1S/C20H16F8N2O2S/c21-12-2-1-3-13(9-12)33(31,32)17-6-7-29-16(17)10-30-15-8-11(4-5-14(15)17)18(22,19(23,24)25)20(26,27)28/h1-5,8-9,16,29-30H,6-7,10H2. The third kappa shape index (κ3) is 3.22. The number of halogens is 8. The molecule has 0 spiro atoms. The van der Waals surface area contributed by atoms with Gasteiger partial charge in [0.25, 0.3) is 0 Å². The molecule has 2 aromatic rings. The van der Waals surface area contributed by atoms with Crippen LogP contribution in [0.3, 0.4) is 0 Å². The van der Waals surface area contributed by atoms with E-state index in [1.807, 2.05) is 0 Å². The fourth-order valence-electron chi connectivity index (χ4n) is 4.62. The Labute approximate surface area is 182 Å². The van der Waals surface area contributed by atoms with E-state index in [0.717, 1.165) is 24.3 Å². The number of alkyl halides is 7. The predicted molar refractivity (Wildman–Crippen MR) is 101 cm³/mol. The number of benzene rings is 2. The molecule has 2 aliphatic rings. The lowest BCUT2D eigenvalue weighted by Gasteiger charge is -2.41. The van der Waals surface area contributed by atoms with Crippen LogP contribution in [0, 0.1) is 5.82 Å². The number of anilines is 1. The lowest BCUT2D eigenvalue weighted by atomic mass is 9.83. The maximum Gasteiger partial charge on any atom is 0.435 e. The lowest BCUT2D eigenvalue weighted by Crippen LogP contribution is -2.53. The Morgan fingerprint density at radius 2 is 1.61 bits per heavy atom. The number of rotatable bonds is 3. The second-order valence-electron chi connectivity index (χ2n) is 7.90. The molecule has 180 valence electrons. The van der Waals surface area contributed by atoms with Crippen LogP contribution in [0.4, 0.5) is 40.8 Å². The van der Waals surface area contributed by atoms with Crippen molar-refractivity contribution in [2.24, 2.45) is 0 Å². The Kier molecular flexibility index (Phi) is 5.25. The molecule has 13 heteroatoms. The van der Waals surface area contributed by atoms with Crippen molar-refractivity contribution in [1.82, 2.24) is 5.32 Å². The largest absolute Gasteiger partial charge is 0.435 e. The van der Waals surface area contributed by atoms with Gasteiger partial charge < -0.3 is 10.6 Å². The molecule has 1 fully saturated rings. The summed E-state index contributed by atoms with van der Waals surface area (Å²) in [6, 6.07) is 4.72. The molecule has 1 saturated heterocycles. The monoisotopic (exact) mass is 500 g/mol. The molecule has 0 aromatic heterocycles. The smallest absolute Gasteiger partial charge is 0.383 e. The molecule has 0 amide bonds. The maximum atomic E-state index is 14.6. The zero-order valence-electron chi connectivity index (χ0n) is 16.5. The van der Waals surface area contributed by atoms with Gasteiger partial charge in [0.15, 0.2) is 9.84 Å². The van der Waals surface area contributed by atoms with Crippen LogP contribution in [0.1, 0.15) is 17.5 Å². The van der Waals surface area contributed by atoms with Gasteiger partial charge in [0.2, 0.25) is 0 Å². The molecule has 2 aromatic carbocycles. The first-order valence-electron chi connectivity index (χ1n) is 9.61. The summed E-state index contributed by atoms with van der Waals surface area (Å²) in [7, 11) is -4.38. The van der Waals surface area contributed by atoms with E-state index in [0.29, 0.717) is 12.1 Å². The van der Waals surface area contributed by atoms with Crippen molar-refractivity contribution in [1.29, 1.82) is 0 Å². The Morgan fingerprint density at radius 1 is 0.939 bits per heavy atom. The number of nitrogens with one attached hydrogen (secondary N) is 2. The molecule has 4 nitrogen and oxygen atoms in total. The minimum atomic E-state index is -6.31. The van der Waals surface area contributed by atoms with E-state index < -0.39 is 54.9 Å². The molecule has 4 rings (SSSR count). The second kappa shape index (κ2) is 7.29. The van der Waals surface area contributed by atoms with Crippen molar-refractivity contribution in [3.63, 3.8) is 0 Å². The van der Waals surface area contributed by atoms with Crippen LogP contribution in [0.2, 0.25) is 0 Å². The molecule has 0 aliphatic carbocycles. The molecule has 0 saturated carbocycles. The second-order valence-corrected chi connectivity index (χ2v) is 10.1. The summed E-state index contributed by atoms with van der Waals surface area (Å²) in [4.78, 5) is -0.390. The van der Waals surface area contributed by atoms with E-state index in [4.69, 9.17) is 0 Å². The van der Waals surface area contributed by atoms with Crippen LogP contribution in [0.15, 0.2) is 47.4 Å². The highest BCUT2D eigenvalue weighted by atomic mass is 32.2. The van der Waals surface area contributed by atoms with Gasteiger partial charge in [-0.3, -0.25) is 0 Å². The third-order valence-electron chi connectivity index (χ3n) is 6.19. The number of sulfone groups is 1. The van der Waals surface area contributed by atoms with Crippen molar-refractivity contribution >= 4 is 15.5 Å². The highest BCUT2D eigenvalue weighted by Gasteiger charge is 2.73. The third-order valence-corrected chi connectivity index (χ3v) is 8.73. The SMILES string of the molecule is O=S(=O)(c1cccc(F)c1)C12CCNC1CNc1cc(C(F)(C(F)(F)F)C(F)(F)F)ccc12. The molecule has 2 N–H and O–H groups in total. The molecule has 2 unspecified atom stereocenters. The van der Waals surface area contributed by atoms with Crippen molar-refractivity contribution < 1.29 is 43.5 Å². The van der Waals surface area contributed by atoms with Crippen LogP contribution in [0.25, 0.3) is 0 Å². The topological polar surface area (TPSA) is 58.2 Å². The summed E-state index contributed by atoms with van der Waals surface area (Å²) >= 11 is 0. The van der Waals surface area contributed by atoms with Crippen LogP contribution in [-0.2, 0) is 20.3 Å². The summed E-state index contributed by atoms with van der Waals surface area (Å²) in [5, 5.41) is 5.56. The van der Waals surface area contributed by atoms with Gasteiger partial charge in [0.05, 0.1) is 4.90 Å². The van der Waals surface area contributed by atoms with Gasteiger partial charge in [-0.1, -0.05) is 18.2 Å². The zero-order chi connectivity index (χ0) is 24.4. The number of fused-ring (bicyclic) bond motifs is 3. The van der Waals surface area contributed by atoms with Gasteiger partial charge in [-0.2, -0.15) is 26.3 Å². The molecular formula is C20H16F8N2O2S. The minimum Gasteiger partial charge on any atom is -0.383 e. The summed E-state index contributed by atoms with van der Waals surface area (Å²) in [5.74, 6) is -0.836. The first-order valence-corrected chi connectivity index (χ1v) is 11.1. The quantitative estimate of drug-likeness (QED) is 0.607. The minimum absolute atomic E-state index is 0.0795. The lowest BCUT2D eigenvalue weighted by molar-refractivity contribution is -0.348. The van der Waals surface area contributed by atoms with E-state index in [1.54, 1.807) is 0 Å². The first kappa shape index (κ1) is 23.7. The number of hydrogen-bond donors (Lipinski definition) is 2. The Morgan fingerprint density at radius 3 is 2.21 bits per heavy atom. The van der Waals surface area contributed by atoms with Crippen LogP contribution >= 0.6 is 0 Å². The van der Waals surface area contributed by atoms with Gasteiger partial charge in [0, 0.05) is 23.8 Å². The van der Waals surface area contributed by atoms with E-state index in [-0.39, 0.29) is 30.8 Å². The molecule has 0 radical (unpaired) electrons. The van der Waals surface area contributed by atoms with Gasteiger partial charge in [0.1, 0.15) is 10.6 Å². The summed E-state index contributed by atoms with van der Waals surface area (Å²) in [5.41, 5.74) is -7.88. The molecule has 0 bridgehead atoms. The highest BCUT2D eigenvalue weighted by Crippen LogP contribution is 2.55. The number of hydrogen-bond acceptors (Lipinski definition) is 4. The van der Waals surface area contributed by atoms with Crippen LogP contribution in [-0.4, -0.2) is 39.9 Å². The van der Waals surface area contributed by atoms with Crippen LogP contribution < -0.4 is 10.6 Å². The normalized spacial score (nSPS) is 23.6. The van der Waals surface area contributed by atoms with E-state index in [1.165, 1.54) is 6.07 Å². The molecule has 2 aliphatic heterocycles. The average Bonchev–Trinajstić information content (AvgIpc) is 3.17. The van der Waals surface area contributed by atoms with Crippen molar-refractivity contribution in [2.75, 3.05) is 18.4 Å². The average molecular weight is 500 g/mol. The van der Waals surface area contributed by atoms with Crippen molar-refractivity contribution in [2.45, 2.75) is 40.1 Å². The van der Waals surface area contributed by atoms with E-state index in [2.05, 4.69) is 10.6 Å². The summed E-state index contributed by atoms with van der Waals surface area (Å²) in [6.45, 7) is -0.0114. The Balaban J connectivity index is 1.93. The van der Waals surface area contributed by atoms with Crippen molar-refractivity contribution in [3.8, 4) is 0 Å².